The number of aromatic nitrogens is 4. The molecule has 4 heterocycles. The second-order valence-electron chi connectivity index (χ2n) is 6.96. The van der Waals surface area contributed by atoms with Crippen LogP contribution >= 0.6 is 0 Å². The first-order chi connectivity index (χ1) is 14.1. The van der Waals surface area contributed by atoms with Gasteiger partial charge in [0.2, 0.25) is 0 Å². The molecule has 1 aliphatic rings. The highest BCUT2D eigenvalue weighted by Crippen LogP contribution is 2.33. The summed E-state index contributed by atoms with van der Waals surface area (Å²) in [5.74, 6) is 0.971. The third kappa shape index (κ3) is 3.05. The zero-order valence-electron chi connectivity index (χ0n) is 15.3. The average Bonchev–Trinajstić information content (AvgIpc) is 3.29. The van der Waals surface area contributed by atoms with Crippen LogP contribution in [0.2, 0.25) is 0 Å². The van der Waals surface area contributed by atoms with E-state index in [-0.39, 0.29) is 6.61 Å². The lowest BCUT2D eigenvalue weighted by atomic mass is 10.1. The first-order valence-electron chi connectivity index (χ1n) is 9.17. The Hall–Kier alpha value is -3.27. The molecule has 0 amide bonds. The van der Waals surface area contributed by atoms with Crippen molar-refractivity contribution in [3.05, 3.63) is 55.2 Å². The number of aliphatic hydroxyl groups is 2. The van der Waals surface area contributed by atoms with Crippen molar-refractivity contribution in [1.29, 1.82) is 0 Å². The van der Waals surface area contributed by atoms with Gasteiger partial charge in [0.25, 0.3) is 0 Å². The van der Waals surface area contributed by atoms with E-state index in [1.54, 1.807) is 29.2 Å². The maximum Gasteiger partial charge on any atom is 0.164 e. The van der Waals surface area contributed by atoms with E-state index < -0.39 is 24.5 Å². The van der Waals surface area contributed by atoms with Crippen molar-refractivity contribution in [2.75, 3.05) is 12.3 Å². The molecule has 148 valence electrons. The van der Waals surface area contributed by atoms with E-state index in [9.17, 15) is 10.2 Å². The van der Waals surface area contributed by atoms with Crippen molar-refractivity contribution in [2.45, 2.75) is 24.5 Å². The molecule has 5 rings (SSSR count). The van der Waals surface area contributed by atoms with Crippen LogP contribution in [0.4, 0.5) is 5.82 Å². The van der Waals surface area contributed by atoms with Crippen molar-refractivity contribution in [2.24, 2.45) is 0 Å². The van der Waals surface area contributed by atoms with Crippen molar-refractivity contribution >= 4 is 27.6 Å². The molecule has 4 atom stereocenters. The minimum absolute atomic E-state index is 0.0802. The third-order valence-corrected chi connectivity index (χ3v) is 5.18. The molecule has 4 aromatic rings. The van der Waals surface area contributed by atoms with Crippen LogP contribution in [0.5, 0.6) is 5.75 Å². The molecule has 1 saturated heterocycles. The lowest BCUT2D eigenvalue weighted by molar-refractivity contribution is -0.0471. The van der Waals surface area contributed by atoms with Gasteiger partial charge in [-0.15, -0.1) is 0 Å². The van der Waals surface area contributed by atoms with E-state index in [1.165, 1.54) is 6.33 Å². The van der Waals surface area contributed by atoms with Gasteiger partial charge in [-0.1, -0.05) is 6.07 Å². The van der Waals surface area contributed by atoms with Crippen molar-refractivity contribution < 1.29 is 19.7 Å². The van der Waals surface area contributed by atoms with E-state index in [0.29, 0.717) is 22.6 Å². The van der Waals surface area contributed by atoms with Gasteiger partial charge in [-0.2, -0.15) is 0 Å². The molecule has 9 nitrogen and oxygen atoms in total. The minimum atomic E-state index is -1.14. The van der Waals surface area contributed by atoms with Gasteiger partial charge in [0.1, 0.15) is 48.5 Å². The maximum absolute atomic E-state index is 10.5. The number of benzene rings is 1. The quantitative estimate of drug-likeness (QED) is 0.473. The van der Waals surface area contributed by atoms with Crippen LogP contribution in [-0.2, 0) is 4.74 Å². The van der Waals surface area contributed by atoms with E-state index in [2.05, 4.69) is 15.0 Å². The van der Waals surface area contributed by atoms with Gasteiger partial charge in [-0.3, -0.25) is 4.98 Å². The van der Waals surface area contributed by atoms with Crippen LogP contribution in [0.3, 0.4) is 0 Å². The Balaban J connectivity index is 1.34. The number of ether oxygens (including phenoxy) is 2. The number of aliphatic hydroxyl groups excluding tert-OH is 2. The number of hydrogen-bond acceptors (Lipinski definition) is 8. The SMILES string of the molecule is Nc1ncnc2c1ccn2[C@@H]1O[C@H](COc2ccc3ccncc3c2)[C@@H](O)[C@H]1O. The number of nitrogens with two attached hydrogens (primary N) is 1. The summed E-state index contributed by atoms with van der Waals surface area (Å²) in [7, 11) is 0. The molecule has 9 heteroatoms. The first kappa shape index (κ1) is 17.8. The van der Waals surface area contributed by atoms with E-state index in [4.69, 9.17) is 15.2 Å². The number of fused-ring (bicyclic) bond motifs is 2. The molecular formula is C20H19N5O4. The Bertz CT molecular complexity index is 1180. The normalized spacial score (nSPS) is 24.3. The number of pyridine rings is 1. The number of rotatable bonds is 4. The predicted molar refractivity (Wildman–Crippen MR) is 105 cm³/mol. The first-order valence-corrected chi connectivity index (χ1v) is 9.17. The van der Waals surface area contributed by atoms with E-state index >= 15 is 0 Å². The fraction of sp³-hybridized carbons (Fsp3) is 0.250. The van der Waals surface area contributed by atoms with Crippen molar-refractivity contribution in [3.8, 4) is 5.75 Å². The summed E-state index contributed by atoms with van der Waals surface area (Å²) in [4.78, 5) is 12.3. The maximum atomic E-state index is 10.5. The summed E-state index contributed by atoms with van der Waals surface area (Å²) in [5, 5.41) is 23.7. The lowest BCUT2D eigenvalue weighted by Gasteiger charge is -2.17. The highest BCUT2D eigenvalue weighted by Gasteiger charge is 2.44. The van der Waals surface area contributed by atoms with E-state index in [1.807, 2.05) is 24.3 Å². The molecule has 0 spiro atoms. The minimum Gasteiger partial charge on any atom is -0.491 e. The summed E-state index contributed by atoms with van der Waals surface area (Å²) in [6, 6.07) is 9.32. The van der Waals surface area contributed by atoms with Crippen LogP contribution in [0, 0.1) is 0 Å². The van der Waals surface area contributed by atoms with Gasteiger partial charge < -0.3 is 30.0 Å². The second-order valence-corrected chi connectivity index (χ2v) is 6.96. The number of anilines is 1. The highest BCUT2D eigenvalue weighted by molar-refractivity contribution is 5.86. The second kappa shape index (κ2) is 6.96. The van der Waals surface area contributed by atoms with Crippen molar-refractivity contribution in [1.82, 2.24) is 19.5 Å². The Morgan fingerprint density at radius 1 is 1.10 bits per heavy atom. The van der Waals surface area contributed by atoms with Gasteiger partial charge in [-0.05, 0) is 29.7 Å². The van der Waals surface area contributed by atoms with Crippen LogP contribution in [0.15, 0.2) is 55.2 Å². The average molecular weight is 393 g/mol. The van der Waals surface area contributed by atoms with Gasteiger partial charge in [-0.25, -0.2) is 9.97 Å². The molecule has 0 saturated carbocycles. The van der Waals surface area contributed by atoms with Gasteiger partial charge in [0, 0.05) is 24.0 Å². The van der Waals surface area contributed by atoms with Crippen LogP contribution < -0.4 is 10.5 Å². The summed E-state index contributed by atoms with van der Waals surface area (Å²) >= 11 is 0. The lowest BCUT2D eigenvalue weighted by Crippen LogP contribution is -2.34. The summed E-state index contributed by atoms with van der Waals surface area (Å²) in [6.45, 7) is 0.0802. The van der Waals surface area contributed by atoms with Crippen LogP contribution in [-0.4, -0.2) is 54.7 Å². The fourth-order valence-corrected chi connectivity index (χ4v) is 3.62. The fourth-order valence-electron chi connectivity index (χ4n) is 3.62. The summed E-state index contributed by atoms with van der Waals surface area (Å²) in [6.07, 6.45) is 2.76. The van der Waals surface area contributed by atoms with E-state index in [0.717, 1.165) is 10.8 Å². The summed E-state index contributed by atoms with van der Waals surface area (Å²) < 4.78 is 13.4. The van der Waals surface area contributed by atoms with Gasteiger partial charge in [0.15, 0.2) is 6.23 Å². The molecule has 1 aliphatic heterocycles. The summed E-state index contributed by atoms with van der Waals surface area (Å²) in [5.41, 5.74) is 6.39. The predicted octanol–water partition coefficient (Wildman–Crippen LogP) is 1.26. The molecule has 0 bridgehead atoms. The molecule has 0 radical (unpaired) electrons. The number of nitrogen functional groups attached to an aromatic ring is 1. The number of nitrogens with zero attached hydrogens (tertiary/aromatic N) is 4. The molecule has 1 aromatic carbocycles. The molecular weight excluding hydrogens is 374 g/mol. The zero-order chi connectivity index (χ0) is 20.0. The Labute approximate surface area is 165 Å². The molecule has 3 aromatic heterocycles. The molecule has 4 N–H and O–H groups in total. The number of hydrogen-bond donors (Lipinski definition) is 3. The zero-order valence-corrected chi connectivity index (χ0v) is 15.3. The molecule has 0 aliphatic carbocycles. The third-order valence-electron chi connectivity index (χ3n) is 5.18. The van der Waals surface area contributed by atoms with Crippen LogP contribution in [0.1, 0.15) is 6.23 Å². The molecule has 0 unspecified atom stereocenters. The van der Waals surface area contributed by atoms with Crippen LogP contribution in [0.25, 0.3) is 21.8 Å². The molecule has 29 heavy (non-hydrogen) atoms. The largest absolute Gasteiger partial charge is 0.491 e. The van der Waals surface area contributed by atoms with Crippen molar-refractivity contribution in [3.63, 3.8) is 0 Å². The van der Waals surface area contributed by atoms with Gasteiger partial charge >= 0.3 is 0 Å². The van der Waals surface area contributed by atoms with Gasteiger partial charge in [0.05, 0.1) is 5.39 Å². The standard InChI is InChI=1S/C20H19N5O4/c21-18-14-4-6-25(19(14)24-10-23-18)20-17(27)16(26)15(29-20)9-28-13-2-1-11-3-5-22-8-12(11)7-13/h1-8,10,15-17,20,26-27H,9H2,(H2,21,23,24)/t15-,16-,17-,20-/m1/s1. The topological polar surface area (TPSA) is 129 Å². The molecule has 1 fully saturated rings. The highest BCUT2D eigenvalue weighted by atomic mass is 16.6. The Kier molecular flexibility index (Phi) is 4.27. The Morgan fingerprint density at radius 2 is 2.00 bits per heavy atom. The Morgan fingerprint density at radius 3 is 2.90 bits per heavy atom. The smallest absolute Gasteiger partial charge is 0.164 e. The monoisotopic (exact) mass is 393 g/mol.